The van der Waals surface area contributed by atoms with Crippen LogP contribution < -0.4 is 16.4 Å². The highest BCUT2D eigenvalue weighted by Gasteiger charge is 2.29. The Kier molecular flexibility index (Phi) is 12.5. The Hall–Kier alpha value is -1.39. The highest BCUT2D eigenvalue weighted by atomic mass is 127. The number of hydrogen-bond donors (Lipinski definition) is 3. The monoisotopic (exact) mass is 570 g/mol. The summed E-state index contributed by atoms with van der Waals surface area (Å²) in [6.45, 7) is 11.2. The Morgan fingerprint density at radius 3 is 2.58 bits per heavy atom. The number of rotatable bonds is 10. The highest BCUT2D eigenvalue weighted by molar-refractivity contribution is 14.0. The van der Waals surface area contributed by atoms with Crippen molar-refractivity contribution in [1.82, 2.24) is 20.4 Å². The fraction of sp³-hybridized carbons (Fsp3) is 0.680. The topological polar surface area (TPSA) is 86.0 Å². The number of carbonyl (C=O) groups is 1. The minimum atomic E-state index is -0.137. The molecule has 0 saturated carbocycles. The molecule has 1 aromatic carbocycles. The second kappa shape index (κ2) is 14.8. The van der Waals surface area contributed by atoms with E-state index in [9.17, 15) is 4.79 Å². The van der Waals surface area contributed by atoms with E-state index in [0.717, 1.165) is 83.9 Å². The Labute approximate surface area is 217 Å². The molecule has 8 heteroatoms. The third-order valence-corrected chi connectivity index (χ3v) is 6.76. The van der Waals surface area contributed by atoms with Crippen LogP contribution >= 0.6 is 24.0 Å². The van der Waals surface area contributed by atoms with Gasteiger partial charge in [-0.15, -0.1) is 24.0 Å². The van der Waals surface area contributed by atoms with Gasteiger partial charge in [0.1, 0.15) is 0 Å². The number of halogens is 1. The molecule has 0 aromatic heterocycles. The molecule has 2 aliphatic heterocycles. The Balaban J connectivity index is 0.00000385. The smallest absolute Gasteiger partial charge is 0.220 e. The summed E-state index contributed by atoms with van der Waals surface area (Å²) in [6.07, 6.45) is 5.16. The van der Waals surface area contributed by atoms with E-state index in [-0.39, 0.29) is 35.8 Å². The molecule has 2 fully saturated rings. The van der Waals surface area contributed by atoms with Crippen LogP contribution in [0.15, 0.2) is 35.3 Å². The molecule has 2 atom stereocenters. The van der Waals surface area contributed by atoms with E-state index in [0.29, 0.717) is 12.1 Å². The molecule has 0 spiro atoms. The molecule has 33 heavy (non-hydrogen) atoms. The van der Waals surface area contributed by atoms with E-state index >= 15 is 0 Å². The molecule has 7 nitrogen and oxygen atoms in total. The number of benzene rings is 1. The fourth-order valence-corrected chi connectivity index (χ4v) is 4.83. The van der Waals surface area contributed by atoms with Crippen LogP contribution in [0.3, 0.4) is 0 Å². The molecule has 0 bridgehead atoms. The van der Waals surface area contributed by atoms with Gasteiger partial charge >= 0.3 is 0 Å². The van der Waals surface area contributed by atoms with Gasteiger partial charge in [-0.1, -0.05) is 30.3 Å². The van der Waals surface area contributed by atoms with Crippen LogP contribution in [-0.4, -0.2) is 73.0 Å². The number of carbonyl (C=O) groups excluding carboxylic acids is 1. The number of nitrogens with one attached hydrogen (secondary N) is 2. The van der Waals surface area contributed by atoms with Crippen LogP contribution in [0.2, 0.25) is 0 Å². The van der Waals surface area contributed by atoms with Crippen LogP contribution in [0.5, 0.6) is 0 Å². The Morgan fingerprint density at radius 2 is 1.91 bits per heavy atom. The Morgan fingerprint density at radius 1 is 1.18 bits per heavy atom. The average Bonchev–Trinajstić information content (AvgIpc) is 3.13. The molecule has 2 saturated heterocycles. The van der Waals surface area contributed by atoms with Gasteiger partial charge in [0.2, 0.25) is 5.91 Å². The minimum Gasteiger partial charge on any atom is -0.369 e. The van der Waals surface area contributed by atoms with Crippen LogP contribution in [0.1, 0.15) is 51.5 Å². The number of nitrogens with two attached hydrogens (primary N) is 1. The van der Waals surface area contributed by atoms with Gasteiger partial charge in [0, 0.05) is 44.2 Å². The van der Waals surface area contributed by atoms with Gasteiger partial charge in [-0.25, -0.2) is 0 Å². The number of piperidine rings is 1. The van der Waals surface area contributed by atoms with Gasteiger partial charge in [0.25, 0.3) is 0 Å². The predicted octanol–water partition coefficient (Wildman–Crippen LogP) is 2.80. The Bertz CT molecular complexity index is 723. The van der Waals surface area contributed by atoms with Crippen LogP contribution in [0.4, 0.5) is 0 Å². The van der Waals surface area contributed by atoms with Crippen LogP contribution in [-0.2, 0) is 11.3 Å². The molecule has 2 heterocycles. The number of nitrogens with zero attached hydrogens (tertiary/aromatic N) is 3. The normalized spacial score (nSPS) is 22.7. The van der Waals surface area contributed by atoms with Crippen molar-refractivity contribution < 1.29 is 4.79 Å². The van der Waals surface area contributed by atoms with E-state index in [2.05, 4.69) is 64.6 Å². The molecule has 1 aromatic rings. The first-order chi connectivity index (χ1) is 15.5. The maximum Gasteiger partial charge on any atom is 0.220 e. The summed E-state index contributed by atoms with van der Waals surface area (Å²) in [6, 6.07) is 11.7. The number of primary amides is 1. The summed E-state index contributed by atoms with van der Waals surface area (Å²) < 4.78 is 0. The number of likely N-dealkylation sites (tertiary alicyclic amines) is 2. The van der Waals surface area contributed by atoms with E-state index < -0.39 is 0 Å². The summed E-state index contributed by atoms with van der Waals surface area (Å²) in [5.41, 5.74) is 6.80. The van der Waals surface area contributed by atoms with Crippen molar-refractivity contribution in [3.63, 3.8) is 0 Å². The molecule has 3 rings (SSSR count). The molecule has 2 unspecified atom stereocenters. The summed E-state index contributed by atoms with van der Waals surface area (Å²) >= 11 is 0. The van der Waals surface area contributed by atoms with Crippen LogP contribution in [0, 0.1) is 5.92 Å². The largest absolute Gasteiger partial charge is 0.369 e. The van der Waals surface area contributed by atoms with E-state index in [1.54, 1.807) is 0 Å². The van der Waals surface area contributed by atoms with Crippen molar-refractivity contribution >= 4 is 35.8 Å². The first-order valence-corrected chi connectivity index (χ1v) is 12.4. The van der Waals surface area contributed by atoms with Crippen molar-refractivity contribution in [2.45, 2.75) is 64.6 Å². The van der Waals surface area contributed by atoms with Crippen molar-refractivity contribution in [3.05, 3.63) is 35.9 Å². The lowest BCUT2D eigenvalue weighted by Gasteiger charge is -2.30. The van der Waals surface area contributed by atoms with Gasteiger partial charge in [0.15, 0.2) is 5.96 Å². The lowest BCUT2D eigenvalue weighted by atomic mass is 9.96. The molecular weight excluding hydrogens is 527 g/mol. The quantitative estimate of drug-likeness (QED) is 0.174. The third-order valence-electron chi connectivity index (χ3n) is 6.76. The zero-order valence-corrected chi connectivity index (χ0v) is 22.7. The fourth-order valence-electron chi connectivity index (χ4n) is 4.83. The van der Waals surface area contributed by atoms with Crippen molar-refractivity contribution in [1.29, 1.82) is 0 Å². The number of unbranched alkanes of at least 4 members (excludes halogenated alkanes) is 1. The molecule has 2 aliphatic rings. The molecular formula is C25H43IN6O. The first kappa shape index (κ1) is 27.9. The number of amides is 1. The van der Waals surface area contributed by atoms with E-state index in [1.165, 1.54) is 5.56 Å². The molecule has 186 valence electrons. The summed E-state index contributed by atoms with van der Waals surface area (Å²) in [4.78, 5) is 21.1. The highest BCUT2D eigenvalue weighted by Crippen LogP contribution is 2.20. The molecule has 0 radical (unpaired) electrons. The van der Waals surface area contributed by atoms with E-state index in [4.69, 9.17) is 10.7 Å². The maximum atomic E-state index is 11.3. The van der Waals surface area contributed by atoms with E-state index in [1.807, 2.05) is 0 Å². The summed E-state index contributed by atoms with van der Waals surface area (Å²) in [5, 5.41) is 7.07. The number of hydrogen-bond acceptors (Lipinski definition) is 4. The standard InChI is InChI=1S/C25H42N6O.HI/c1-3-27-25(28-13-7-8-14-30-15-11-22(12-16-30)24(26)32)29-23-17-20(2)31(19-23)18-21-9-5-4-6-10-21;/h4-6,9-10,20,22-23H,3,7-8,11-19H2,1-2H3,(H2,26,32)(H2,27,28,29);1H. The molecule has 0 aliphatic carbocycles. The van der Waals surface area contributed by atoms with Crippen LogP contribution in [0.25, 0.3) is 0 Å². The predicted molar refractivity (Wildman–Crippen MR) is 147 cm³/mol. The van der Waals surface area contributed by atoms with Gasteiger partial charge in [-0.3, -0.25) is 14.7 Å². The SMILES string of the molecule is CCNC(=NCCCCN1CCC(C(N)=O)CC1)NC1CC(C)N(Cc2ccccc2)C1.I. The van der Waals surface area contributed by atoms with Crippen molar-refractivity contribution in [3.8, 4) is 0 Å². The van der Waals surface area contributed by atoms with Gasteiger partial charge < -0.3 is 21.3 Å². The average molecular weight is 571 g/mol. The maximum absolute atomic E-state index is 11.3. The minimum absolute atomic E-state index is 0. The lowest BCUT2D eigenvalue weighted by molar-refractivity contribution is -0.123. The third kappa shape index (κ3) is 9.41. The lowest BCUT2D eigenvalue weighted by Crippen LogP contribution is -2.44. The van der Waals surface area contributed by atoms with Gasteiger partial charge in [-0.2, -0.15) is 0 Å². The van der Waals surface area contributed by atoms with Gasteiger partial charge in [0.05, 0.1) is 0 Å². The molecule has 1 amide bonds. The first-order valence-electron chi connectivity index (χ1n) is 12.4. The zero-order chi connectivity index (χ0) is 22.8. The van der Waals surface area contributed by atoms with Crippen molar-refractivity contribution in [2.24, 2.45) is 16.6 Å². The van der Waals surface area contributed by atoms with Gasteiger partial charge in [-0.05, 0) is 71.1 Å². The summed E-state index contributed by atoms with van der Waals surface area (Å²) in [7, 11) is 0. The van der Waals surface area contributed by atoms with Crippen molar-refractivity contribution in [2.75, 3.05) is 39.3 Å². The zero-order valence-electron chi connectivity index (χ0n) is 20.3. The second-order valence-electron chi connectivity index (χ2n) is 9.33. The molecule has 4 N–H and O–H groups in total. The number of guanidine groups is 1. The summed E-state index contributed by atoms with van der Waals surface area (Å²) in [5.74, 6) is 0.877. The number of aliphatic imine (C=N–C) groups is 1. The second-order valence-corrected chi connectivity index (χ2v) is 9.33.